The Morgan fingerprint density at radius 2 is 1.75 bits per heavy atom. The van der Waals surface area contributed by atoms with Gasteiger partial charge in [-0.2, -0.15) is 0 Å². The average molecular weight is 500 g/mol. The highest BCUT2D eigenvalue weighted by Gasteiger charge is 2.56. The van der Waals surface area contributed by atoms with Crippen LogP contribution in [0.3, 0.4) is 0 Å². The van der Waals surface area contributed by atoms with Gasteiger partial charge in [-0.3, -0.25) is 9.59 Å². The molecule has 1 N–H and O–H groups in total. The second-order valence-electron chi connectivity index (χ2n) is 9.58. The molecule has 2 amide bonds. The fraction of sp³-hybridized carbons (Fsp3) is 0.241. The maximum absolute atomic E-state index is 14.2. The van der Waals surface area contributed by atoms with E-state index in [2.05, 4.69) is 11.1 Å². The number of carbonyl (C=O) groups excluding carboxylic acids is 2. The number of amides is 2. The molecule has 0 saturated carbocycles. The summed E-state index contributed by atoms with van der Waals surface area (Å²) in [7, 11) is 1.61. The molecule has 0 bridgehead atoms. The molecule has 7 heteroatoms. The zero-order chi connectivity index (χ0) is 25.0. The second-order valence-corrected chi connectivity index (χ2v) is 9.99. The molecule has 36 heavy (non-hydrogen) atoms. The van der Waals surface area contributed by atoms with Gasteiger partial charge in [0.2, 0.25) is 5.91 Å². The van der Waals surface area contributed by atoms with Gasteiger partial charge in [0.25, 0.3) is 5.91 Å². The molecule has 0 aliphatic carbocycles. The van der Waals surface area contributed by atoms with Gasteiger partial charge in [0, 0.05) is 40.5 Å². The first-order chi connectivity index (χ1) is 17.4. The first-order valence-corrected chi connectivity index (χ1v) is 12.4. The zero-order valence-electron chi connectivity index (χ0n) is 20.1. The number of piperazine rings is 1. The highest BCUT2D eigenvalue weighted by molar-refractivity contribution is 6.31. The van der Waals surface area contributed by atoms with Crippen LogP contribution < -0.4 is 4.74 Å². The number of aromatic nitrogens is 1. The van der Waals surface area contributed by atoms with Gasteiger partial charge in [0.15, 0.2) is 5.54 Å². The number of hydrogen-bond donors (Lipinski definition) is 1. The van der Waals surface area contributed by atoms with E-state index in [1.165, 1.54) is 0 Å². The molecule has 4 aromatic rings. The van der Waals surface area contributed by atoms with Gasteiger partial charge < -0.3 is 19.5 Å². The molecule has 182 valence electrons. The van der Waals surface area contributed by atoms with Crippen LogP contribution in [-0.4, -0.2) is 46.8 Å². The molecule has 1 aromatic heterocycles. The third kappa shape index (κ3) is 3.24. The monoisotopic (exact) mass is 499 g/mol. The first kappa shape index (κ1) is 22.7. The summed E-state index contributed by atoms with van der Waals surface area (Å²) in [5.41, 5.74) is 3.36. The van der Waals surface area contributed by atoms with Gasteiger partial charge in [-0.05, 0) is 36.2 Å². The summed E-state index contributed by atoms with van der Waals surface area (Å²) < 4.78 is 5.50. The maximum Gasteiger partial charge on any atom is 0.255 e. The number of nitrogens with one attached hydrogen (secondary N) is 1. The summed E-state index contributed by atoms with van der Waals surface area (Å²) in [6, 6.07) is 23.4. The van der Waals surface area contributed by atoms with E-state index in [0.717, 1.165) is 33.3 Å². The molecule has 6 rings (SSSR count). The van der Waals surface area contributed by atoms with Gasteiger partial charge in [0.1, 0.15) is 12.3 Å². The Labute approximate surface area is 214 Å². The molecule has 0 unspecified atom stereocenters. The van der Waals surface area contributed by atoms with Gasteiger partial charge in [0.05, 0.1) is 12.8 Å². The van der Waals surface area contributed by atoms with Crippen molar-refractivity contribution in [2.45, 2.75) is 24.9 Å². The molecule has 2 atom stereocenters. The number of rotatable bonds is 4. The molecule has 0 spiro atoms. The minimum absolute atomic E-state index is 0.0112. The number of halogens is 1. The van der Waals surface area contributed by atoms with E-state index >= 15 is 0 Å². The van der Waals surface area contributed by atoms with Crippen LogP contribution in [0.2, 0.25) is 5.02 Å². The standard InChI is InChI=1S/C29H26ClN3O3/c1-29-27-26(20-11-5-7-13-23(20)31-27)21(19-10-4-6-12-22(19)30)16-33(29)25(34)17-32(28(29)35)15-18-9-3-8-14-24(18)36-2/h3-14,21,31H,15-17H2,1-2H3/t21-,29-/m0/s1. The minimum Gasteiger partial charge on any atom is -0.496 e. The van der Waals surface area contributed by atoms with Gasteiger partial charge >= 0.3 is 0 Å². The molecular formula is C29H26ClN3O3. The van der Waals surface area contributed by atoms with Gasteiger partial charge in [-0.15, -0.1) is 0 Å². The van der Waals surface area contributed by atoms with Crippen LogP contribution in [0.25, 0.3) is 10.9 Å². The van der Waals surface area contributed by atoms with Crippen molar-refractivity contribution in [3.05, 3.63) is 100 Å². The predicted octanol–water partition coefficient (Wildman–Crippen LogP) is 5.06. The largest absolute Gasteiger partial charge is 0.496 e. The Bertz CT molecular complexity index is 1510. The quantitative estimate of drug-likeness (QED) is 0.427. The number of H-pyrrole nitrogens is 1. The number of methoxy groups -OCH3 is 1. The van der Waals surface area contributed by atoms with Crippen LogP contribution >= 0.6 is 11.6 Å². The number of hydrogen-bond acceptors (Lipinski definition) is 3. The first-order valence-electron chi connectivity index (χ1n) is 12.0. The lowest BCUT2D eigenvalue weighted by Crippen LogP contribution is -2.67. The highest BCUT2D eigenvalue weighted by Crippen LogP contribution is 2.49. The van der Waals surface area contributed by atoms with E-state index in [9.17, 15) is 9.59 Å². The third-order valence-corrected chi connectivity index (χ3v) is 8.00. The molecule has 2 aliphatic rings. The molecule has 1 fully saturated rings. The van der Waals surface area contributed by atoms with Crippen LogP contribution in [0.1, 0.15) is 35.2 Å². The normalized spacial score (nSPS) is 21.5. The zero-order valence-corrected chi connectivity index (χ0v) is 20.9. The molecular weight excluding hydrogens is 474 g/mol. The smallest absolute Gasteiger partial charge is 0.255 e. The fourth-order valence-corrected chi connectivity index (χ4v) is 6.15. The molecule has 3 heterocycles. The Hall–Kier alpha value is -3.77. The summed E-state index contributed by atoms with van der Waals surface area (Å²) in [6.45, 7) is 2.54. The summed E-state index contributed by atoms with van der Waals surface area (Å²) >= 11 is 6.66. The average Bonchev–Trinajstić information content (AvgIpc) is 3.29. The Morgan fingerprint density at radius 1 is 1.03 bits per heavy atom. The van der Waals surface area contributed by atoms with E-state index in [-0.39, 0.29) is 24.3 Å². The van der Waals surface area contributed by atoms with Crippen molar-refractivity contribution >= 4 is 34.3 Å². The molecule has 2 aliphatic heterocycles. The predicted molar refractivity (Wildman–Crippen MR) is 139 cm³/mol. The topological polar surface area (TPSA) is 65.6 Å². The summed E-state index contributed by atoms with van der Waals surface area (Å²) in [5.74, 6) is 0.335. The fourth-order valence-electron chi connectivity index (χ4n) is 5.88. The lowest BCUT2D eigenvalue weighted by molar-refractivity contribution is -0.166. The van der Waals surface area contributed by atoms with Crippen molar-refractivity contribution in [2.75, 3.05) is 20.2 Å². The number of aromatic amines is 1. The van der Waals surface area contributed by atoms with Crippen molar-refractivity contribution < 1.29 is 14.3 Å². The van der Waals surface area contributed by atoms with Crippen LogP contribution in [0.15, 0.2) is 72.8 Å². The Balaban J connectivity index is 1.51. The lowest BCUT2D eigenvalue weighted by Gasteiger charge is -2.51. The van der Waals surface area contributed by atoms with E-state index in [1.807, 2.05) is 73.7 Å². The van der Waals surface area contributed by atoms with E-state index in [1.54, 1.807) is 16.9 Å². The minimum atomic E-state index is -1.16. The van der Waals surface area contributed by atoms with Crippen molar-refractivity contribution in [3.63, 3.8) is 0 Å². The third-order valence-electron chi connectivity index (χ3n) is 7.65. The second kappa shape index (κ2) is 8.42. The van der Waals surface area contributed by atoms with E-state index < -0.39 is 5.54 Å². The number of carbonyl (C=O) groups is 2. The number of ether oxygens (including phenoxy) is 1. The van der Waals surface area contributed by atoms with Crippen LogP contribution in [0.5, 0.6) is 5.75 Å². The molecule has 0 radical (unpaired) electrons. The van der Waals surface area contributed by atoms with Crippen molar-refractivity contribution in [3.8, 4) is 5.75 Å². The van der Waals surface area contributed by atoms with Crippen LogP contribution in [0, 0.1) is 0 Å². The van der Waals surface area contributed by atoms with Gasteiger partial charge in [-0.25, -0.2) is 0 Å². The van der Waals surface area contributed by atoms with Crippen LogP contribution in [-0.2, 0) is 21.7 Å². The number of benzene rings is 3. The maximum atomic E-state index is 14.2. The van der Waals surface area contributed by atoms with Gasteiger partial charge in [-0.1, -0.05) is 66.2 Å². The van der Waals surface area contributed by atoms with Crippen LogP contribution in [0.4, 0.5) is 0 Å². The Morgan fingerprint density at radius 3 is 2.56 bits per heavy atom. The van der Waals surface area contributed by atoms with E-state index in [4.69, 9.17) is 16.3 Å². The van der Waals surface area contributed by atoms with Crippen molar-refractivity contribution in [1.82, 2.24) is 14.8 Å². The van der Waals surface area contributed by atoms with Crippen molar-refractivity contribution in [2.24, 2.45) is 0 Å². The van der Waals surface area contributed by atoms with E-state index in [0.29, 0.717) is 23.9 Å². The molecule has 1 saturated heterocycles. The molecule has 6 nitrogen and oxygen atoms in total. The van der Waals surface area contributed by atoms with Crippen molar-refractivity contribution in [1.29, 1.82) is 0 Å². The highest BCUT2D eigenvalue weighted by atomic mass is 35.5. The summed E-state index contributed by atoms with van der Waals surface area (Å²) in [5, 5.41) is 1.69. The summed E-state index contributed by atoms with van der Waals surface area (Å²) in [4.78, 5) is 34.8. The molecule has 3 aromatic carbocycles. The Kier molecular flexibility index (Phi) is 5.30. The summed E-state index contributed by atoms with van der Waals surface area (Å²) in [6.07, 6.45) is 0. The number of fused-ring (bicyclic) bond motifs is 5. The number of para-hydroxylation sites is 2. The number of nitrogens with zero attached hydrogens (tertiary/aromatic N) is 2. The lowest BCUT2D eigenvalue weighted by atomic mass is 9.76. The SMILES string of the molecule is COc1ccccc1CN1CC(=O)N2C[C@@H](c3ccccc3Cl)c3c([nH]c4ccccc34)[C@@]2(C)C1=O.